The van der Waals surface area contributed by atoms with E-state index in [-0.39, 0.29) is 0 Å². The third-order valence-corrected chi connectivity index (χ3v) is 4.54. The predicted molar refractivity (Wildman–Crippen MR) is 73.6 cm³/mol. The summed E-state index contributed by atoms with van der Waals surface area (Å²) in [4.78, 5) is 2.50. The number of likely N-dealkylation sites (tertiary alicyclic amines) is 1. The molecule has 1 aromatic carbocycles. The zero-order valence-electron chi connectivity index (χ0n) is 11.6. The van der Waals surface area contributed by atoms with Crippen LogP contribution in [0, 0.1) is 13.8 Å². The minimum atomic E-state index is -0.639. The number of hydrogen-bond donors (Lipinski definition) is 1. The number of rotatable bonds is 2. The van der Waals surface area contributed by atoms with E-state index in [1.54, 1.807) is 0 Å². The van der Waals surface area contributed by atoms with Gasteiger partial charge < -0.3 is 5.11 Å². The van der Waals surface area contributed by atoms with Crippen molar-refractivity contribution in [3.8, 4) is 0 Å². The van der Waals surface area contributed by atoms with Crippen LogP contribution in [0.25, 0.3) is 0 Å². The van der Waals surface area contributed by atoms with Crippen molar-refractivity contribution in [2.24, 2.45) is 0 Å². The number of hydrogen-bond acceptors (Lipinski definition) is 2. The van der Waals surface area contributed by atoms with Crippen molar-refractivity contribution in [1.29, 1.82) is 0 Å². The Morgan fingerprint density at radius 2 is 2.00 bits per heavy atom. The van der Waals surface area contributed by atoms with Crippen LogP contribution in [0.1, 0.15) is 42.9 Å². The van der Waals surface area contributed by atoms with Gasteiger partial charge in [0.15, 0.2) is 0 Å². The Hall–Kier alpha value is -0.860. The molecule has 0 amide bonds. The molecule has 0 bridgehead atoms. The lowest BCUT2D eigenvalue weighted by Gasteiger charge is -2.26. The molecule has 0 aromatic heterocycles. The van der Waals surface area contributed by atoms with Crippen molar-refractivity contribution >= 4 is 0 Å². The summed E-state index contributed by atoms with van der Waals surface area (Å²) >= 11 is 0. The van der Waals surface area contributed by atoms with Crippen molar-refractivity contribution in [3.05, 3.63) is 34.9 Å². The molecule has 2 unspecified atom stereocenters. The van der Waals surface area contributed by atoms with E-state index >= 15 is 0 Å². The van der Waals surface area contributed by atoms with Gasteiger partial charge in [0.25, 0.3) is 0 Å². The van der Waals surface area contributed by atoms with E-state index in [1.165, 1.54) is 24.0 Å². The lowest BCUT2D eigenvalue weighted by molar-refractivity contribution is 0.0445. The highest BCUT2D eigenvalue weighted by atomic mass is 16.3. The Balaban J connectivity index is 1.90. The number of β-amino-alcohol motifs (C(OH)–C–C–N with tert-alkyl or cyclic N) is 1. The van der Waals surface area contributed by atoms with Crippen LogP contribution in [0.5, 0.6) is 0 Å². The largest absolute Gasteiger partial charge is 0.384 e. The molecule has 2 atom stereocenters. The molecule has 2 fully saturated rings. The summed E-state index contributed by atoms with van der Waals surface area (Å²) in [7, 11) is 0. The maximum Gasteiger partial charge on any atom is 0.104 e. The number of nitrogens with zero attached hydrogens (tertiary/aromatic N) is 1. The Morgan fingerprint density at radius 1 is 1.28 bits per heavy atom. The molecule has 1 aliphatic carbocycles. The van der Waals surface area contributed by atoms with Crippen LogP contribution in [0.15, 0.2) is 18.2 Å². The van der Waals surface area contributed by atoms with Crippen molar-refractivity contribution in [2.45, 2.75) is 57.7 Å². The van der Waals surface area contributed by atoms with Crippen LogP contribution in [0.2, 0.25) is 0 Å². The topological polar surface area (TPSA) is 23.5 Å². The third kappa shape index (κ3) is 1.98. The Bertz CT molecular complexity index is 466. The SMILES string of the molecule is Cc1ccc(C2(O)CC(C)N(C3CC3)C2)c(C)c1. The molecular formula is C16H23NO. The van der Waals surface area contributed by atoms with Gasteiger partial charge in [-0.3, -0.25) is 4.90 Å². The first-order chi connectivity index (χ1) is 8.49. The van der Waals surface area contributed by atoms with Gasteiger partial charge in [-0.1, -0.05) is 23.8 Å². The monoisotopic (exact) mass is 245 g/mol. The summed E-state index contributed by atoms with van der Waals surface area (Å²) in [5.74, 6) is 0. The second kappa shape index (κ2) is 4.07. The van der Waals surface area contributed by atoms with Gasteiger partial charge in [0, 0.05) is 18.6 Å². The van der Waals surface area contributed by atoms with Crippen LogP contribution in [0.4, 0.5) is 0 Å². The highest BCUT2D eigenvalue weighted by Gasteiger charge is 2.47. The molecule has 2 nitrogen and oxygen atoms in total. The average Bonchev–Trinajstić information content (AvgIpc) is 3.05. The van der Waals surface area contributed by atoms with Gasteiger partial charge in [-0.2, -0.15) is 0 Å². The van der Waals surface area contributed by atoms with E-state index in [2.05, 4.69) is 43.9 Å². The summed E-state index contributed by atoms with van der Waals surface area (Å²) in [6.45, 7) is 7.28. The lowest BCUT2D eigenvalue weighted by atomic mass is 9.87. The molecule has 1 saturated heterocycles. The van der Waals surface area contributed by atoms with Gasteiger partial charge in [-0.05, 0) is 51.2 Å². The zero-order valence-corrected chi connectivity index (χ0v) is 11.6. The van der Waals surface area contributed by atoms with Gasteiger partial charge >= 0.3 is 0 Å². The number of aliphatic hydroxyl groups is 1. The Morgan fingerprint density at radius 3 is 2.61 bits per heavy atom. The standard InChI is InChI=1S/C16H23NO/c1-11-4-7-15(12(2)8-11)16(18)9-13(3)17(10-16)14-5-6-14/h4,7-8,13-14,18H,5-6,9-10H2,1-3H3. The summed E-state index contributed by atoms with van der Waals surface area (Å²) < 4.78 is 0. The minimum Gasteiger partial charge on any atom is -0.384 e. The first-order valence-corrected chi connectivity index (χ1v) is 7.05. The number of aryl methyl sites for hydroxylation is 2. The van der Waals surface area contributed by atoms with Crippen molar-refractivity contribution in [2.75, 3.05) is 6.54 Å². The van der Waals surface area contributed by atoms with Gasteiger partial charge in [0.1, 0.15) is 5.60 Å². The van der Waals surface area contributed by atoms with E-state index < -0.39 is 5.60 Å². The average molecular weight is 245 g/mol. The first-order valence-electron chi connectivity index (χ1n) is 7.05. The van der Waals surface area contributed by atoms with Gasteiger partial charge in [0.2, 0.25) is 0 Å². The zero-order chi connectivity index (χ0) is 12.9. The van der Waals surface area contributed by atoms with Crippen LogP contribution in [-0.4, -0.2) is 28.6 Å². The molecular weight excluding hydrogens is 222 g/mol. The van der Waals surface area contributed by atoms with Crippen molar-refractivity contribution in [3.63, 3.8) is 0 Å². The molecule has 2 heteroatoms. The van der Waals surface area contributed by atoms with Gasteiger partial charge in [-0.15, -0.1) is 0 Å². The molecule has 3 rings (SSSR count). The number of benzene rings is 1. The van der Waals surface area contributed by atoms with Crippen LogP contribution in [-0.2, 0) is 5.60 Å². The van der Waals surface area contributed by atoms with Crippen LogP contribution < -0.4 is 0 Å². The minimum absolute atomic E-state index is 0.503. The van der Waals surface area contributed by atoms with Gasteiger partial charge in [0.05, 0.1) is 0 Å². The van der Waals surface area contributed by atoms with Crippen LogP contribution >= 0.6 is 0 Å². The summed E-state index contributed by atoms with van der Waals surface area (Å²) in [6, 6.07) is 7.65. The van der Waals surface area contributed by atoms with Crippen LogP contribution in [0.3, 0.4) is 0 Å². The molecule has 1 saturated carbocycles. The highest BCUT2D eigenvalue weighted by Crippen LogP contribution is 2.42. The maximum absolute atomic E-state index is 11.0. The fourth-order valence-electron chi connectivity index (χ4n) is 3.55. The molecule has 1 heterocycles. The highest BCUT2D eigenvalue weighted by molar-refractivity contribution is 5.36. The summed E-state index contributed by atoms with van der Waals surface area (Å²) in [6.07, 6.45) is 3.49. The van der Waals surface area contributed by atoms with E-state index in [0.717, 1.165) is 24.6 Å². The summed E-state index contributed by atoms with van der Waals surface area (Å²) in [5.41, 5.74) is 2.98. The molecule has 98 valence electrons. The van der Waals surface area contributed by atoms with E-state index in [9.17, 15) is 5.11 Å². The molecule has 2 aliphatic rings. The third-order valence-electron chi connectivity index (χ3n) is 4.54. The second-order valence-corrected chi connectivity index (χ2v) is 6.31. The van der Waals surface area contributed by atoms with Gasteiger partial charge in [-0.25, -0.2) is 0 Å². The fourth-order valence-corrected chi connectivity index (χ4v) is 3.55. The summed E-state index contributed by atoms with van der Waals surface area (Å²) in [5, 5.41) is 11.0. The van der Waals surface area contributed by atoms with Crippen molar-refractivity contribution < 1.29 is 5.11 Å². The Labute approximate surface area is 110 Å². The quantitative estimate of drug-likeness (QED) is 0.866. The molecule has 0 radical (unpaired) electrons. The lowest BCUT2D eigenvalue weighted by Crippen LogP contribution is -2.33. The normalized spacial score (nSPS) is 33.0. The second-order valence-electron chi connectivity index (χ2n) is 6.31. The predicted octanol–water partition coefficient (Wildman–Crippen LogP) is 2.75. The molecule has 1 aromatic rings. The first kappa shape index (κ1) is 12.2. The molecule has 1 N–H and O–H groups in total. The van der Waals surface area contributed by atoms with E-state index in [1.807, 2.05) is 0 Å². The molecule has 18 heavy (non-hydrogen) atoms. The fraction of sp³-hybridized carbons (Fsp3) is 0.625. The smallest absolute Gasteiger partial charge is 0.104 e. The maximum atomic E-state index is 11.0. The molecule has 0 spiro atoms. The Kier molecular flexibility index (Phi) is 2.76. The van der Waals surface area contributed by atoms with Crippen molar-refractivity contribution in [1.82, 2.24) is 4.90 Å². The van der Waals surface area contributed by atoms with E-state index in [4.69, 9.17) is 0 Å². The molecule has 1 aliphatic heterocycles. The van der Waals surface area contributed by atoms with E-state index in [0.29, 0.717) is 6.04 Å².